The Morgan fingerprint density at radius 3 is 2.48 bits per heavy atom. The molecule has 1 amide bonds. The van der Waals surface area contributed by atoms with Gasteiger partial charge in [-0.2, -0.15) is 0 Å². The molecule has 5 nitrogen and oxygen atoms in total. The van der Waals surface area contributed by atoms with Crippen LogP contribution in [0.25, 0.3) is 0 Å². The van der Waals surface area contributed by atoms with Crippen molar-refractivity contribution in [2.75, 3.05) is 17.3 Å². The summed E-state index contributed by atoms with van der Waals surface area (Å²) in [5, 5.41) is 2.96. The van der Waals surface area contributed by atoms with Crippen molar-refractivity contribution in [1.82, 2.24) is 9.97 Å². The number of aromatic nitrogens is 2. The van der Waals surface area contributed by atoms with E-state index in [0.717, 1.165) is 28.1 Å². The number of carbonyl (C=O) groups excluding carboxylic acids is 1. The highest BCUT2D eigenvalue weighted by atomic mass is 16.1. The van der Waals surface area contributed by atoms with Crippen molar-refractivity contribution in [3.63, 3.8) is 0 Å². The van der Waals surface area contributed by atoms with E-state index >= 15 is 0 Å². The van der Waals surface area contributed by atoms with E-state index in [0.29, 0.717) is 18.2 Å². The van der Waals surface area contributed by atoms with Crippen molar-refractivity contribution in [1.29, 1.82) is 0 Å². The summed E-state index contributed by atoms with van der Waals surface area (Å²) in [6.45, 7) is 6.51. The molecule has 0 bridgehead atoms. The fourth-order valence-electron chi connectivity index (χ4n) is 2.82. The Bertz CT molecular complexity index is 954. The van der Waals surface area contributed by atoms with Crippen LogP contribution < -0.4 is 10.2 Å². The van der Waals surface area contributed by atoms with E-state index in [-0.39, 0.29) is 5.91 Å². The molecule has 3 aromatic rings. The van der Waals surface area contributed by atoms with Crippen molar-refractivity contribution < 1.29 is 4.79 Å². The summed E-state index contributed by atoms with van der Waals surface area (Å²) in [4.78, 5) is 23.7. The van der Waals surface area contributed by atoms with Gasteiger partial charge in [0.05, 0.1) is 0 Å². The lowest BCUT2D eigenvalue weighted by molar-refractivity contribution is 0.102. The maximum absolute atomic E-state index is 12.7. The molecule has 1 aromatic heterocycles. The minimum Gasteiger partial charge on any atom is -0.340 e. The Hall–Kier alpha value is -3.21. The number of benzene rings is 2. The minimum atomic E-state index is -0.233. The third-order valence-electron chi connectivity index (χ3n) is 4.32. The summed E-state index contributed by atoms with van der Waals surface area (Å²) in [5.74, 6) is 0.300. The average molecular weight is 360 g/mol. The molecular formula is C22H24N4O. The van der Waals surface area contributed by atoms with Crippen LogP contribution >= 0.6 is 0 Å². The van der Waals surface area contributed by atoms with Gasteiger partial charge in [-0.1, -0.05) is 42.5 Å². The van der Waals surface area contributed by atoms with Gasteiger partial charge in [-0.05, 0) is 49.6 Å². The van der Waals surface area contributed by atoms with Gasteiger partial charge >= 0.3 is 0 Å². The molecular weight excluding hydrogens is 336 g/mol. The van der Waals surface area contributed by atoms with Crippen molar-refractivity contribution in [3.8, 4) is 0 Å². The van der Waals surface area contributed by atoms with Crippen LogP contribution in [0, 0.1) is 20.8 Å². The molecule has 0 atom stereocenters. The molecule has 5 heteroatoms. The minimum absolute atomic E-state index is 0.233. The number of nitrogens with zero attached hydrogens (tertiary/aromatic N) is 3. The largest absolute Gasteiger partial charge is 0.340 e. The number of amides is 1. The molecule has 2 aromatic carbocycles. The van der Waals surface area contributed by atoms with Gasteiger partial charge in [-0.15, -0.1) is 0 Å². The summed E-state index contributed by atoms with van der Waals surface area (Å²) in [6, 6.07) is 17.8. The molecule has 0 aliphatic heterocycles. The number of anilines is 2. The molecule has 138 valence electrons. The van der Waals surface area contributed by atoms with Crippen molar-refractivity contribution >= 4 is 17.5 Å². The monoisotopic (exact) mass is 360 g/mol. The zero-order chi connectivity index (χ0) is 19.4. The smallest absolute Gasteiger partial charge is 0.274 e. The zero-order valence-corrected chi connectivity index (χ0v) is 16.2. The van der Waals surface area contributed by atoms with E-state index in [1.807, 2.05) is 69.1 Å². The molecule has 0 spiro atoms. The van der Waals surface area contributed by atoms with Gasteiger partial charge in [0.15, 0.2) is 0 Å². The number of nitrogens with one attached hydrogen (secondary N) is 1. The Kier molecular flexibility index (Phi) is 5.50. The first kappa shape index (κ1) is 18.6. The van der Waals surface area contributed by atoms with Crippen molar-refractivity contribution in [2.24, 2.45) is 0 Å². The predicted octanol–water partition coefficient (Wildman–Crippen LogP) is 4.29. The highest BCUT2D eigenvalue weighted by Crippen LogP contribution is 2.18. The lowest BCUT2D eigenvalue weighted by atomic mass is 10.1. The number of carbonyl (C=O) groups is 1. The molecule has 0 aliphatic rings. The maximum atomic E-state index is 12.7. The van der Waals surface area contributed by atoms with E-state index in [1.54, 1.807) is 6.07 Å². The SMILES string of the molecule is Cc1ccc(C)c(NC(=O)c2cc(C)nc(N(C)Cc3ccccc3)n2)c1. The molecule has 0 saturated carbocycles. The molecule has 27 heavy (non-hydrogen) atoms. The van der Waals surface area contributed by atoms with Gasteiger partial charge in [0, 0.05) is 25.0 Å². The van der Waals surface area contributed by atoms with Crippen molar-refractivity contribution in [2.45, 2.75) is 27.3 Å². The van der Waals surface area contributed by atoms with Gasteiger partial charge in [-0.25, -0.2) is 9.97 Å². The Balaban J connectivity index is 1.82. The third kappa shape index (κ3) is 4.70. The van der Waals surface area contributed by atoms with Crippen LogP contribution in [-0.2, 0) is 6.54 Å². The van der Waals surface area contributed by atoms with Gasteiger partial charge in [0.2, 0.25) is 5.95 Å². The van der Waals surface area contributed by atoms with Gasteiger partial charge in [0.25, 0.3) is 5.91 Å². The number of rotatable bonds is 5. The van der Waals surface area contributed by atoms with E-state index in [4.69, 9.17) is 0 Å². The molecule has 1 heterocycles. The van der Waals surface area contributed by atoms with E-state index in [9.17, 15) is 4.79 Å². The van der Waals surface area contributed by atoms with Gasteiger partial charge in [-0.3, -0.25) is 4.79 Å². The fraction of sp³-hybridized carbons (Fsp3) is 0.227. The lowest BCUT2D eigenvalue weighted by Crippen LogP contribution is -2.22. The Morgan fingerprint density at radius 2 is 1.74 bits per heavy atom. The normalized spacial score (nSPS) is 10.5. The molecule has 0 unspecified atom stereocenters. The summed E-state index contributed by atoms with van der Waals surface area (Å²) in [7, 11) is 1.92. The van der Waals surface area contributed by atoms with Crippen LogP contribution in [-0.4, -0.2) is 22.9 Å². The third-order valence-corrected chi connectivity index (χ3v) is 4.32. The van der Waals surface area contributed by atoms with Gasteiger partial charge < -0.3 is 10.2 Å². The number of aryl methyl sites for hydroxylation is 3. The first-order chi connectivity index (χ1) is 12.9. The topological polar surface area (TPSA) is 58.1 Å². The Labute approximate surface area is 160 Å². The van der Waals surface area contributed by atoms with Gasteiger partial charge in [0.1, 0.15) is 5.69 Å². The zero-order valence-electron chi connectivity index (χ0n) is 16.2. The first-order valence-electron chi connectivity index (χ1n) is 8.92. The fourth-order valence-corrected chi connectivity index (χ4v) is 2.82. The second-order valence-corrected chi connectivity index (χ2v) is 6.81. The molecule has 3 rings (SSSR count). The van der Waals surface area contributed by atoms with Crippen LogP contribution in [0.2, 0.25) is 0 Å². The van der Waals surface area contributed by atoms with Crippen LogP contribution in [0.3, 0.4) is 0 Å². The molecule has 0 saturated heterocycles. The summed E-state index contributed by atoms with van der Waals surface area (Å²) >= 11 is 0. The van der Waals surface area contributed by atoms with Crippen molar-refractivity contribution in [3.05, 3.63) is 82.7 Å². The highest BCUT2D eigenvalue weighted by molar-refractivity contribution is 6.03. The lowest BCUT2D eigenvalue weighted by Gasteiger charge is -2.18. The molecule has 0 aliphatic carbocycles. The van der Waals surface area contributed by atoms with E-state index in [1.165, 1.54) is 0 Å². The first-order valence-corrected chi connectivity index (χ1v) is 8.92. The standard InChI is InChI=1S/C22H24N4O/c1-15-10-11-16(2)19(12-15)24-21(27)20-13-17(3)23-22(25-20)26(4)14-18-8-6-5-7-9-18/h5-13H,14H2,1-4H3,(H,24,27). The van der Waals surface area contributed by atoms with Crippen LogP contribution in [0.15, 0.2) is 54.6 Å². The van der Waals surface area contributed by atoms with Crippen LogP contribution in [0.5, 0.6) is 0 Å². The van der Waals surface area contributed by atoms with Crippen LogP contribution in [0.1, 0.15) is 32.9 Å². The summed E-state index contributed by atoms with van der Waals surface area (Å²) in [5.41, 5.74) is 5.19. The Morgan fingerprint density at radius 1 is 1.00 bits per heavy atom. The molecule has 0 fully saturated rings. The number of hydrogen-bond donors (Lipinski definition) is 1. The average Bonchev–Trinajstić information content (AvgIpc) is 2.65. The summed E-state index contributed by atoms with van der Waals surface area (Å²) in [6.07, 6.45) is 0. The highest BCUT2D eigenvalue weighted by Gasteiger charge is 2.14. The maximum Gasteiger partial charge on any atom is 0.274 e. The van der Waals surface area contributed by atoms with Crippen LogP contribution in [0.4, 0.5) is 11.6 Å². The molecule has 0 radical (unpaired) electrons. The second kappa shape index (κ2) is 7.99. The second-order valence-electron chi connectivity index (χ2n) is 6.81. The quantitative estimate of drug-likeness (QED) is 0.737. The predicted molar refractivity (Wildman–Crippen MR) is 109 cm³/mol. The van der Waals surface area contributed by atoms with E-state index in [2.05, 4.69) is 27.4 Å². The molecule has 1 N–H and O–H groups in total. The number of hydrogen-bond acceptors (Lipinski definition) is 4. The van der Waals surface area contributed by atoms with E-state index < -0.39 is 0 Å². The summed E-state index contributed by atoms with van der Waals surface area (Å²) < 4.78 is 0.